The van der Waals surface area contributed by atoms with Crippen molar-refractivity contribution in [3.05, 3.63) is 88.9 Å². The lowest BCUT2D eigenvalue weighted by Crippen LogP contribution is -2.52. The standard InChI is InChI=1S/C30H36ClN3O5S/c1-6-22(3)32-30(36)23(4)33(19-24-9-7-12-27(17-24)39-5)29(35)20-34(26-11-8-10-25(31)18-26)40(37,38)28-15-13-21(2)14-16-28/h7-18,22-23H,6,19-20H2,1-5H3,(H,32,36)/t22-,23+/m1/s1. The van der Waals surface area contributed by atoms with Crippen molar-refractivity contribution in [2.75, 3.05) is 18.0 Å². The van der Waals surface area contributed by atoms with Gasteiger partial charge in [0, 0.05) is 17.6 Å². The highest BCUT2D eigenvalue weighted by molar-refractivity contribution is 7.92. The van der Waals surface area contributed by atoms with Gasteiger partial charge in [0.1, 0.15) is 18.3 Å². The summed E-state index contributed by atoms with van der Waals surface area (Å²) in [4.78, 5) is 28.5. The minimum atomic E-state index is -4.16. The van der Waals surface area contributed by atoms with E-state index in [0.29, 0.717) is 10.8 Å². The molecule has 8 nitrogen and oxygen atoms in total. The zero-order valence-electron chi connectivity index (χ0n) is 23.4. The lowest BCUT2D eigenvalue weighted by atomic mass is 10.1. The van der Waals surface area contributed by atoms with Gasteiger partial charge in [-0.15, -0.1) is 0 Å². The quantitative estimate of drug-likeness (QED) is 0.316. The molecule has 3 rings (SSSR count). The maximum Gasteiger partial charge on any atom is 0.264 e. The summed E-state index contributed by atoms with van der Waals surface area (Å²) in [6.07, 6.45) is 0.722. The average Bonchev–Trinajstić information content (AvgIpc) is 2.94. The summed E-state index contributed by atoms with van der Waals surface area (Å²) in [5, 5.41) is 3.24. The van der Waals surface area contributed by atoms with Crippen molar-refractivity contribution in [2.45, 2.75) is 57.6 Å². The molecular formula is C30H36ClN3O5S. The molecule has 0 spiro atoms. The average molecular weight is 586 g/mol. The largest absolute Gasteiger partial charge is 0.497 e. The molecule has 0 aliphatic heterocycles. The molecule has 0 radical (unpaired) electrons. The maximum atomic E-state index is 14.0. The van der Waals surface area contributed by atoms with E-state index in [2.05, 4.69) is 5.32 Å². The minimum Gasteiger partial charge on any atom is -0.497 e. The van der Waals surface area contributed by atoms with Crippen LogP contribution in [0.2, 0.25) is 5.02 Å². The van der Waals surface area contributed by atoms with Crippen molar-refractivity contribution >= 4 is 39.1 Å². The lowest BCUT2D eigenvalue weighted by molar-refractivity contribution is -0.139. The van der Waals surface area contributed by atoms with Crippen molar-refractivity contribution in [3.8, 4) is 5.75 Å². The van der Waals surface area contributed by atoms with Gasteiger partial charge in [-0.1, -0.05) is 54.4 Å². The molecule has 0 aromatic heterocycles. The molecule has 2 amide bonds. The Bertz CT molecular complexity index is 1430. The van der Waals surface area contributed by atoms with Gasteiger partial charge in [0.15, 0.2) is 0 Å². The smallest absolute Gasteiger partial charge is 0.264 e. The third-order valence-corrected chi connectivity index (χ3v) is 8.66. The fourth-order valence-electron chi connectivity index (χ4n) is 4.01. The number of anilines is 1. The van der Waals surface area contributed by atoms with Crippen LogP contribution < -0.4 is 14.4 Å². The number of methoxy groups -OCH3 is 1. The first-order valence-corrected chi connectivity index (χ1v) is 14.9. The summed E-state index contributed by atoms with van der Waals surface area (Å²) in [5.41, 5.74) is 1.86. The number of halogens is 1. The van der Waals surface area contributed by atoms with Crippen LogP contribution in [-0.4, -0.2) is 50.9 Å². The first-order valence-electron chi connectivity index (χ1n) is 13.0. The molecule has 0 aliphatic carbocycles. The SMILES string of the molecule is CC[C@@H](C)NC(=O)[C@H](C)N(Cc1cccc(OC)c1)C(=O)CN(c1cccc(Cl)c1)S(=O)(=O)c1ccc(C)cc1. The molecule has 0 fully saturated rings. The lowest BCUT2D eigenvalue weighted by Gasteiger charge is -2.32. The number of hydrogen-bond donors (Lipinski definition) is 1. The Balaban J connectivity index is 2.03. The minimum absolute atomic E-state index is 0.0350. The molecule has 1 N–H and O–H groups in total. The van der Waals surface area contributed by atoms with Gasteiger partial charge in [-0.3, -0.25) is 13.9 Å². The molecule has 0 heterocycles. The second kappa shape index (κ2) is 13.7. The van der Waals surface area contributed by atoms with Crippen molar-refractivity contribution in [1.29, 1.82) is 0 Å². The van der Waals surface area contributed by atoms with Crippen LogP contribution in [0, 0.1) is 6.92 Å². The summed E-state index contributed by atoms with van der Waals surface area (Å²) in [6.45, 7) is 6.85. The third kappa shape index (κ3) is 7.76. The first kappa shape index (κ1) is 31.0. The van der Waals surface area contributed by atoms with Crippen LogP contribution in [0.15, 0.2) is 77.7 Å². The van der Waals surface area contributed by atoms with E-state index in [0.717, 1.165) is 21.9 Å². The van der Waals surface area contributed by atoms with Gasteiger partial charge in [0.05, 0.1) is 17.7 Å². The molecule has 0 saturated carbocycles. The second-order valence-corrected chi connectivity index (χ2v) is 12.0. The Hall–Kier alpha value is -3.56. The zero-order valence-corrected chi connectivity index (χ0v) is 25.0. The highest BCUT2D eigenvalue weighted by Crippen LogP contribution is 2.27. The summed E-state index contributed by atoms with van der Waals surface area (Å²) in [6, 6.07) is 18.9. The van der Waals surface area contributed by atoms with E-state index in [-0.39, 0.29) is 29.1 Å². The Morgan fingerprint density at radius 2 is 1.68 bits per heavy atom. The van der Waals surface area contributed by atoms with E-state index in [1.807, 2.05) is 26.8 Å². The van der Waals surface area contributed by atoms with Crippen molar-refractivity contribution in [2.24, 2.45) is 0 Å². The molecule has 214 valence electrons. The number of nitrogens with one attached hydrogen (secondary N) is 1. The van der Waals surface area contributed by atoms with Crippen LogP contribution in [0.4, 0.5) is 5.69 Å². The number of carbonyl (C=O) groups is 2. The predicted molar refractivity (Wildman–Crippen MR) is 158 cm³/mol. The fraction of sp³-hybridized carbons (Fsp3) is 0.333. The number of benzene rings is 3. The number of carbonyl (C=O) groups excluding carboxylic acids is 2. The van der Waals surface area contributed by atoms with Crippen LogP contribution in [0.5, 0.6) is 5.75 Å². The number of hydrogen-bond acceptors (Lipinski definition) is 5. The zero-order chi connectivity index (χ0) is 29.4. The summed E-state index contributed by atoms with van der Waals surface area (Å²) >= 11 is 6.21. The van der Waals surface area contributed by atoms with E-state index in [1.165, 1.54) is 23.1 Å². The van der Waals surface area contributed by atoms with Gasteiger partial charge < -0.3 is 15.0 Å². The van der Waals surface area contributed by atoms with Gasteiger partial charge in [-0.05, 0) is 75.2 Å². The first-order chi connectivity index (χ1) is 19.0. The fourth-order valence-corrected chi connectivity index (χ4v) is 5.60. The van der Waals surface area contributed by atoms with Crippen LogP contribution in [0.3, 0.4) is 0 Å². The summed E-state index contributed by atoms with van der Waals surface area (Å²) < 4.78 is 34.1. The van der Waals surface area contributed by atoms with Crippen LogP contribution in [0.25, 0.3) is 0 Å². The summed E-state index contributed by atoms with van der Waals surface area (Å²) in [7, 11) is -2.62. The number of ether oxygens (including phenoxy) is 1. The van der Waals surface area contributed by atoms with E-state index < -0.39 is 28.5 Å². The van der Waals surface area contributed by atoms with E-state index in [9.17, 15) is 18.0 Å². The number of amides is 2. The monoisotopic (exact) mass is 585 g/mol. The topological polar surface area (TPSA) is 96.0 Å². The number of sulfonamides is 1. The van der Waals surface area contributed by atoms with E-state index >= 15 is 0 Å². The number of rotatable bonds is 12. The van der Waals surface area contributed by atoms with E-state index in [1.54, 1.807) is 62.6 Å². The number of nitrogens with zero attached hydrogens (tertiary/aromatic N) is 2. The Labute approximate surface area is 241 Å². The van der Waals surface area contributed by atoms with Crippen molar-refractivity contribution < 1.29 is 22.7 Å². The molecular weight excluding hydrogens is 550 g/mol. The molecule has 3 aromatic carbocycles. The number of aryl methyl sites for hydroxylation is 1. The Morgan fingerprint density at radius 3 is 2.30 bits per heavy atom. The molecule has 0 bridgehead atoms. The van der Waals surface area contributed by atoms with Crippen LogP contribution in [-0.2, 0) is 26.2 Å². The third-order valence-electron chi connectivity index (χ3n) is 6.64. The van der Waals surface area contributed by atoms with E-state index in [4.69, 9.17) is 16.3 Å². The molecule has 0 saturated heterocycles. The maximum absolute atomic E-state index is 14.0. The van der Waals surface area contributed by atoms with Crippen molar-refractivity contribution in [3.63, 3.8) is 0 Å². The normalized spacial score (nSPS) is 12.8. The molecule has 10 heteroatoms. The molecule has 40 heavy (non-hydrogen) atoms. The van der Waals surface area contributed by atoms with Gasteiger partial charge in [0.2, 0.25) is 11.8 Å². The second-order valence-electron chi connectivity index (χ2n) is 9.67. The highest BCUT2D eigenvalue weighted by Gasteiger charge is 2.33. The predicted octanol–water partition coefficient (Wildman–Crippen LogP) is 5.18. The molecule has 2 atom stereocenters. The van der Waals surface area contributed by atoms with Crippen LogP contribution >= 0.6 is 11.6 Å². The highest BCUT2D eigenvalue weighted by atomic mass is 35.5. The van der Waals surface area contributed by atoms with Crippen molar-refractivity contribution in [1.82, 2.24) is 10.2 Å². The molecule has 0 unspecified atom stereocenters. The van der Waals surface area contributed by atoms with Gasteiger partial charge in [0.25, 0.3) is 10.0 Å². The Morgan fingerprint density at radius 1 is 1.00 bits per heavy atom. The molecule has 0 aliphatic rings. The molecule has 3 aromatic rings. The van der Waals surface area contributed by atoms with Crippen LogP contribution in [0.1, 0.15) is 38.3 Å². The Kier molecular flexibility index (Phi) is 10.6. The van der Waals surface area contributed by atoms with Gasteiger partial charge in [-0.2, -0.15) is 0 Å². The van der Waals surface area contributed by atoms with Gasteiger partial charge >= 0.3 is 0 Å². The van der Waals surface area contributed by atoms with Gasteiger partial charge in [-0.25, -0.2) is 8.42 Å². The summed E-state index contributed by atoms with van der Waals surface area (Å²) in [5.74, 6) is -0.282.